The fourth-order valence-electron chi connectivity index (χ4n) is 4.30. The molecule has 6 heteroatoms. The van der Waals surface area contributed by atoms with Gasteiger partial charge in [0.2, 0.25) is 0 Å². The van der Waals surface area contributed by atoms with Crippen molar-refractivity contribution in [3.63, 3.8) is 0 Å². The molecule has 2 saturated heterocycles. The van der Waals surface area contributed by atoms with Gasteiger partial charge < -0.3 is 10.6 Å². The molecule has 158 valence electrons. The minimum absolute atomic E-state index is 0. The average Bonchev–Trinajstić information content (AvgIpc) is 3.18. The van der Waals surface area contributed by atoms with Gasteiger partial charge in [0.15, 0.2) is 5.96 Å². The highest BCUT2D eigenvalue weighted by atomic mass is 127. The monoisotopic (exact) mass is 499 g/mol. The summed E-state index contributed by atoms with van der Waals surface area (Å²) in [5, 5.41) is 6.96. The van der Waals surface area contributed by atoms with Crippen LogP contribution in [0.4, 0.5) is 0 Å². The maximum Gasteiger partial charge on any atom is 0.191 e. The number of hydrogen-bond acceptors (Lipinski definition) is 3. The van der Waals surface area contributed by atoms with Crippen molar-refractivity contribution in [3.8, 4) is 0 Å². The first-order chi connectivity index (χ1) is 13.3. The lowest BCUT2D eigenvalue weighted by Gasteiger charge is -2.26. The van der Waals surface area contributed by atoms with E-state index in [9.17, 15) is 0 Å². The maximum atomic E-state index is 4.38. The fourth-order valence-corrected chi connectivity index (χ4v) is 4.30. The van der Waals surface area contributed by atoms with Crippen molar-refractivity contribution in [2.75, 3.05) is 39.8 Å². The number of rotatable bonds is 7. The minimum atomic E-state index is 0. The standard InChI is InChI=1S/C22H37N5.HI/c1-3-27-15-7-8-21(27)17-25-22(23-2)24-16-19-9-11-20(12-10-19)18-26-13-5-4-6-14-26;/h9-12,21H,3-8,13-18H2,1-2H3,(H2,23,24,25);1H. The van der Waals surface area contributed by atoms with Gasteiger partial charge in [0, 0.05) is 32.7 Å². The van der Waals surface area contributed by atoms with Gasteiger partial charge in [0.25, 0.3) is 0 Å². The number of likely N-dealkylation sites (tertiary alicyclic amines) is 2. The summed E-state index contributed by atoms with van der Waals surface area (Å²) >= 11 is 0. The Labute approximate surface area is 188 Å². The predicted molar refractivity (Wildman–Crippen MR) is 129 cm³/mol. The second-order valence-electron chi connectivity index (χ2n) is 7.88. The van der Waals surface area contributed by atoms with Crippen molar-refractivity contribution in [2.24, 2.45) is 4.99 Å². The maximum absolute atomic E-state index is 4.38. The van der Waals surface area contributed by atoms with Crippen LogP contribution in [0.1, 0.15) is 50.2 Å². The third-order valence-corrected chi connectivity index (χ3v) is 5.97. The van der Waals surface area contributed by atoms with Gasteiger partial charge in [-0.25, -0.2) is 0 Å². The summed E-state index contributed by atoms with van der Waals surface area (Å²) in [5.41, 5.74) is 2.72. The van der Waals surface area contributed by atoms with Crippen LogP contribution in [-0.2, 0) is 13.1 Å². The van der Waals surface area contributed by atoms with E-state index in [-0.39, 0.29) is 24.0 Å². The van der Waals surface area contributed by atoms with Crippen molar-refractivity contribution in [1.29, 1.82) is 0 Å². The summed E-state index contributed by atoms with van der Waals surface area (Å²) in [5.74, 6) is 0.898. The molecule has 2 aliphatic rings. The Morgan fingerprint density at radius 3 is 2.39 bits per heavy atom. The molecule has 2 N–H and O–H groups in total. The van der Waals surface area contributed by atoms with Crippen molar-refractivity contribution in [2.45, 2.75) is 58.2 Å². The fraction of sp³-hybridized carbons (Fsp3) is 0.682. The molecule has 28 heavy (non-hydrogen) atoms. The smallest absolute Gasteiger partial charge is 0.191 e. The molecule has 1 aromatic rings. The van der Waals surface area contributed by atoms with Crippen LogP contribution < -0.4 is 10.6 Å². The lowest BCUT2D eigenvalue weighted by molar-refractivity contribution is 0.221. The molecular weight excluding hydrogens is 461 g/mol. The van der Waals surface area contributed by atoms with Crippen LogP contribution in [0.2, 0.25) is 0 Å². The zero-order valence-electron chi connectivity index (χ0n) is 17.6. The van der Waals surface area contributed by atoms with Gasteiger partial charge >= 0.3 is 0 Å². The molecule has 0 aliphatic carbocycles. The first kappa shape index (κ1) is 23.4. The first-order valence-corrected chi connectivity index (χ1v) is 10.8. The normalized spacial score (nSPS) is 21.4. The van der Waals surface area contributed by atoms with Gasteiger partial charge in [0.05, 0.1) is 0 Å². The second kappa shape index (κ2) is 12.6. The molecule has 0 radical (unpaired) electrons. The van der Waals surface area contributed by atoms with Crippen molar-refractivity contribution < 1.29 is 0 Å². The highest BCUT2D eigenvalue weighted by molar-refractivity contribution is 14.0. The SMILES string of the molecule is CCN1CCCC1CNC(=NC)NCc1ccc(CN2CCCCC2)cc1.I. The van der Waals surface area contributed by atoms with Gasteiger partial charge in [-0.15, -0.1) is 24.0 Å². The largest absolute Gasteiger partial charge is 0.355 e. The van der Waals surface area contributed by atoms with Gasteiger partial charge in [-0.1, -0.05) is 37.6 Å². The third-order valence-electron chi connectivity index (χ3n) is 5.97. The average molecular weight is 499 g/mol. The summed E-state index contributed by atoms with van der Waals surface area (Å²) < 4.78 is 0. The molecule has 0 bridgehead atoms. The number of likely N-dealkylation sites (N-methyl/N-ethyl adjacent to an activating group) is 1. The summed E-state index contributed by atoms with van der Waals surface area (Å²) in [6.45, 7) is 10.0. The number of nitrogens with zero attached hydrogens (tertiary/aromatic N) is 3. The molecule has 0 saturated carbocycles. The molecule has 2 fully saturated rings. The summed E-state index contributed by atoms with van der Waals surface area (Å²) in [4.78, 5) is 9.51. The summed E-state index contributed by atoms with van der Waals surface area (Å²) in [6.07, 6.45) is 6.70. The third kappa shape index (κ3) is 7.19. The van der Waals surface area contributed by atoms with Gasteiger partial charge in [-0.05, 0) is 63.0 Å². The van der Waals surface area contributed by atoms with Gasteiger partial charge in [0.1, 0.15) is 0 Å². The molecule has 5 nitrogen and oxygen atoms in total. The number of guanidine groups is 1. The highest BCUT2D eigenvalue weighted by Crippen LogP contribution is 2.16. The number of nitrogens with one attached hydrogen (secondary N) is 2. The van der Waals surface area contributed by atoms with E-state index >= 15 is 0 Å². The lowest BCUT2D eigenvalue weighted by Crippen LogP contribution is -2.44. The summed E-state index contributed by atoms with van der Waals surface area (Å²) in [7, 11) is 1.85. The Kier molecular flexibility index (Phi) is 10.6. The molecule has 1 atom stereocenters. The van der Waals surface area contributed by atoms with Gasteiger partial charge in [-0.2, -0.15) is 0 Å². The topological polar surface area (TPSA) is 42.9 Å². The van der Waals surface area contributed by atoms with E-state index in [1.54, 1.807) is 0 Å². The van der Waals surface area contributed by atoms with Crippen molar-refractivity contribution in [3.05, 3.63) is 35.4 Å². The Morgan fingerprint density at radius 2 is 1.71 bits per heavy atom. The molecule has 2 heterocycles. The Balaban J connectivity index is 0.00000280. The first-order valence-electron chi connectivity index (χ1n) is 10.8. The van der Waals surface area contributed by atoms with E-state index in [1.807, 2.05) is 7.05 Å². The number of halogens is 1. The molecule has 0 aromatic heterocycles. The van der Waals surface area contributed by atoms with Crippen LogP contribution in [0.3, 0.4) is 0 Å². The predicted octanol–water partition coefficient (Wildman–Crippen LogP) is 3.44. The number of hydrogen-bond donors (Lipinski definition) is 2. The molecule has 0 amide bonds. The molecule has 1 aromatic carbocycles. The Hall–Kier alpha value is -0.860. The molecule has 2 aliphatic heterocycles. The van der Waals surface area contributed by atoms with Crippen LogP contribution in [0, 0.1) is 0 Å². The molecule has 1 unspecified atom stereocenters. The van der Waals surface area contributed by atoms with E-state index < -0.39 is 0 Å². The van der Waals surface area contributed by atoms with Crippen LogP contribution in [-0.4, -0.2) is 61.6 Å². The summed E-state index contributed by atoms with van der Waals surface area (Å²) in [6, 6.07) is 9.69. The molecule has 0 spiro atoms. The second-order valence-corrected chi connectivity index (χ2v) is 7.88. The number of aliphatic imine (C=N–C) groups is 1. The zero-order valence-corrected chi connectivity index (χ0v) is 20.0. The van der Waals surface area contributed by atoms with Gasteiger partial charge in [-0.3, -0.25) is 14.8 Å². The van der Waals surface area contributed by atoms with E-state index in [0.29, 0.717) is 6.04 Å². The lowest BCUT2D eigenvalue weighted by atomic mass is 10.1. The van der Waals surface area contributed by atoms with E-state index in [1.165, 1.54) is 62.9 Å². The Bertz CT molecular complexity index is 583. The van der Waals surface area contributed by atoms with Crippen LogP contribution in [0.25, 0.3) is 0 Å². The van der Waals surface area contributed by atoms with Crippen molar-refractivity contribution in [1.82, 2.24) is 20.4 Å². The molecule has 3 rings (SSSR count). The van der Waals surface area contributed by atoms with Crippen molar-refractivity contribution >= 4 is 29.9 Å². The zero-order chi connectivity index (χ0) is 18.9. The number of benzene rings is 1. The Morgan fingerprint density at radius 1 is 1.00 bits per heavy atom. The van der Waals surface area contributed by atoms with Crippen LogP contribution in [0.5, 0.6) is 0 Å². The minimum Gasteiger partial charge on any atom is -0.355 e. The van der Waals surface area contributed by atoms with E-state index in [2.05, 4.69) is 56.6 Å². The van der Waals surface area contributed by atoms with Crippen LogP contribution >= 0.6 is 24.0 Å². The quantitative estimate of drug-likeness (QED) is 0.343. The highest BCUT2D eigenvalue weighted by Gasteiger charge is 2.22. The van der Waals surface area contributed by atoms with Crippen LogP contribution in [0.15, 0.2) is 29.3 Å². The number of piperidine rings is 1. The van der Waals surface area contributed by atoms with E-state index in [0.717, 1.165) is 32.1 Å². The molecular formula is C22H38IN5. The van der Waals surface area contributed by atoms with E-state index in [4.69, 9.17) is 0 Å².